The van der Waals surface area contributed by atoms with Gasteiger partial charge in [-0.15, -0.1) is 0 Å². The summed E-state index contributed by atoms with van der Waals surface area (Å²) in [7, 11) is -3.74. The van der Waals surface area contributed by atoms with Gasteiger partial charge < -0.3 is 5.11 Å². The van der Waals surface area contributed by atoms with Gasteiger partial charge in [0.15, 0.2) is 0 Å². The normalized spacial score (nSPS) is 11.9. The van der Waals surface area contributed by atoms with Gasteiger partial charge in [0.2, 0.25) is 0 Å². The Morgan fingerprint density at radius 3 is 2.50 bits per heavy atom. The summed E-state index contributed by atoms with van der Waals surface area (Å²) in [4.78, 5) is 2.35. The molecule has 3 aromatic carbocycles. The van der Waals surface area contributed by atoms with Crippen LogP contribution in [0.5, 0.6) is 5.75 Å². The van der Waals surface area contributed by atoms with E-state index < -0.39 is 10.0 Å². The van der Waals surface area contributed by atoms with Crippen molar-refractivity contribution in [2.24, 2.45) is 5.10 Å². The molecule has 0 saturated heterocycles. The van der Waals surface area contributed by atoms with Gasteiger partial charge in [-0.05, 0) is 69.3 Å². The van der Waals surface area contributed by atoms with Crippen LogP contribution < -0.4 is 4.83 Å². The fraction of sp³-hybridized carbons (Fsp3) is 0. The lowest BCUT2D eigenvalue weighted by Crippen LogP contribution is -2.18. The molecule has 2 N–H and O–H groups in total. The van der Waals surface area contributed by atoms with E-state index in [2.05, 4.69) is 9.93 Å². The van der Waals surface area contributed by atoms with Crippen molar-refractivity contribution in [1.29, 1.82) is 0 Å². The predicted molar refractivity (Wildman–Crippen MR) is 103 cm³/mol. The molecular formula is C17H13IN2O3S. The largest absolute Gasteiger partial charge is 0.507 e. The summed E-state index contributed by atoms with van der Waals surface area (Å²) in [5.74, 6) is 0.171. The average molecular weight is 452 g/mol. The molecule has 5 nitrogen and oxygen atoms in total. The highest BCUT2D eigenvalue weighted by atomic mass is 127. The van der Waals surface area contributed by atoms with Gasteiger partial charge in [0.1, 0.15) is 5.75 Å². The molecule has 0 aliphatic heterocycles. The summed E-state index contributed by atoms with van der Waals surface area (Å²) < 4.78 is 25.3. The number of nitrogens with zero attached hydrogens (tertiary/aromatic N) is 1. The van der Waals surface area contributed by atoms with Crippen molar-refractivity contribution < 1.29 is 13.5 Å². The first-order valence-corrected chi connectivity index (χ1v) is 9.54. The van der Waals surface area contributed by atoms with Crippen molar-refractivity contribution in [2.75, 3.05) is 0 Å². The first kappa shape index (κ1) is 16.7. The molecule has 0 heterocycles. The smallest absolute Gasteiger partial charge is 0.276 e. The Morgan fingerprint density at radius 2 is 1.75 bits per heavy atom. The van der Waals surface area contributed by atoms with Gasteiger partial charge in [0, 0.05) is 0 Å². The van der Waals surface area contributed by atoms with E-state index in [1.54, 1.807) is 30.3 Å². The van der Waals surface area contributed by atoms with Crippen LogP contribution in [-0.2, 0) is 10.0 Å². The van der Waals surface area contributed by atoms with Crippen molar-refractivity contribution in [3.63, 3.8) is 0 Å². The summed E-state index contributed by atoms with van der Waals surface area (Å²) in [5, 5.41) is 15.1. The maximum absolute atomic E-state index is 12.3. The predicted octanol–water partition coefficient (Wildman–Crippen LogP) is 3.46. The van der Waals surface area contributed by atoms with Crippen LogP contribution in [0.2, 0.25) is 0 Å². The van der Waals surface area contributed by atoms with Gasteiger partial charge in [-0.25, -0.2) is 4.83 Å². The Bertz CT molecular complexity index is 1030. The number of sulfonamides is 1. The highest BCUT2D eigenvalue weighted by Gasteiger charge is 2.13. The third-order valence-corrected chi connectivity index (χ3v) is 5.47. The SMILES string of the molecule is O=S(=O)(N/N=C/c1ccc(O)c(I)c1)c1ccc2ccccc2c1. The molecule has 0 amide bonds. The minimum Gasteiger partial charge on any atom is -0.507 e. The fourth-order valence-corrected chi connectivity index (χ4v) is 3.53. The zero-order chi connectivity index (χ0) is 17.2. The molecule has 3 rings (SSSR count). The van der Waals surface area contributed by atoms with Crippen molar-refractivity contribution >= 4 is 49.6 Å². The number of hydrogen-bond donors (Lipinski definition) is 2. The van der Waals surface area contributed by atoms with Crippen LogP contribution >= 0.6 is 22.6 Å². The second-order valence-corrected chi connectivity index (χ2v) is 7.90. The zero-order valence-electron chi connectivity index (χ0n) is 12.3. The van der Waals surface area contributed by atoms with Gasteiger partial charge in [0.05, 0.1) is 14.7 Å². The number of aromatic hydroxyl groups is 1. The van der Waals surface area contributed by atoms with E-state index in [-0.39, 0.29) is 10.6 Å². The number of hydrazone groups is 1. The van der Waals surface area contributed by atoms with Crippen molar-refractivity contribution in [3.8, 4) is 5.75 Å². The zero-order valence-corrected chi connectivity index (χ0v) is 15.3. The average Bonchev–Trinajstić information content (AvgIpc) is 2.57. The standard InChI is InChI=1S/C17H13IN2O3S/c18-16-9-12(5-8-17(16)21)11-19-20-24(22,23)15-7-6-13-3-1-2-4-14(13)10-15/h1-11,20-21H/b19-11+. The summed E-state index contributed by atoms with van der Waals surface area (Å²) in [6.45, 7) is 0. The van der Waals surface area contributed by atoms with E-state index in [1.807, 2.05) is 46.9 Å². The van der Waals surface area contributed by atoms with Crippen LogP contribution in [-0.4, -0.2) is 19.7 Å². The van der Waals surface area contributed by atoms with Crippen molar-refractivity contribution in [1.82, 2.24) is 4.83 Å². The number of fused-ring (bicyclic) bond motifs is 1. The minimum atomic E-state index is -3.74. The molecule has 3 aromatic rings. The van der Waals surface area contributed by atoms with Crippen LogP contribution in [0, 0.1) is 3.57 Å². The van der Waals surface area contributed by atoms with E-state index in [9.17, 15) is 13.5 Å². The third kappa shape index (κ3) is 3.68. The first-order valence-electron chi connectivity index (χ1n) is 6.98. The topological polar surface area (TPSA) is 78.8 Å². The van der Waals surface area contributed by atoms with E-state index in [4.69, 9.17) is 0 Å². The van der Waals surface area contributed by atoms with Crippen molar-refractivity contribution in [2.45, 2.75) is 4.90 Å². The number of rotatable bonds is 4. The van der Waals surface area contributed by atoms with E-state index >= 15 is 0 Å². The molecular weight excluding hydrogens is 439 g/mol. The minimum absolute atomic E-state index is 0.152. The second kappa shape index (κ2) is 6.78. The maximum atomic E-state index is 12.3. The molecule has 0 atom stereocenters. The lowest BCUT2D eigenvalue weighted by Gasteiger charge is -2.05. The van der Waals surface area contributed by atoms with Gasteiger partial charge in [-0.3, -0.25) is 0 Å². The highest BCUT2D eigenvalue weighted by molar-refractivity contribution is 14.1. The Labute approximate surface area is 153 Å². The van der Waals surface area contributed by atoms with Gasteiger partial charge in [0.25, 0.3) is 10.0 Å². The number of phenols is 1. The molecule has 0 bridgehead atoms. The molecule has 24 heavy (non-hydrogen) atoms. The van der Waals surface area contributed by atoms with Crippen LogP contribution in [0.25, 0.3) is 10.8 Å². The molecule has 0 saturated carbocycles. The monoisotopic (exact) mass is 452 g/mol. The Balaban J connectivity index is 1.81. The molecule has 0 aliphatic rings. The van der Waals surface area contributed by atoms with E-state index in [0.29, 0.717) is 9.13 Å². The summed E-state index contributed by atoms with van der Waals surface area (Å²) in [5.41, 5.74) is 0.679. The lowest BCUT2D eigenvalue weighted by molar-refractivity contribution is 0.471. The molecule has 122 valence electrons. The number of halogens is 1. The van der Waals surface area contributed by atoms with Crippen molar-refractivity contribution in [3.05, 3.63) is 69.8 Å². The Kier molecular flexibility index (Phi) is 4.72. The van der Waals surface area contributed by atoms with Crippen LogP contribution in [0.4, 0.5) is 0 Å². The molecule has 0 unspecified atom stereocenters. The van der Waals surface area contributed by atoms with Gasteiger partial charge in [-0.2, -0.15) is 13.5 Å². The summed E-state index contributed by atoms with van der Waals surface area (Å²) >= 11 is 1.98. The molecule has 0 aromatic heterocycles. The second-order valence-electron chi connectivity index (χ2n) is 5.07. The number of nitrogens with one attached hydrogen (secondary N) is 1. The number of phenolic OH excluding ortho intramolecular Hbond substituents is 1. The number of benzene rings is 3. The van der Waals surface area contributed by atoms with Crippen LogP contribution in [0.1, 0.15) is 5.56 Å². The lowest BCUT2D eigenvalue weighted by atomic mass is 10.1. The third-order valence-electron chi connectivity index (χ3n) is 3.39. The van der Waals surface area contributed by atoms with Crippen LogP contribution in [0.15, 0.2) is 70.7 Å². The van der Waals surface area contributed by atoms with E-state index in [0.717, 1.165) is 10.8 Å². The highest BCUT2D eigenvalue weighted by Crippen LogP contribution is 2.20. The summed E-state index contributed by atoms with van der Waals surface area (Å²) in [6, 6.07) is 17.3. The van der Waals surface area contributed by atoms with Gasteiger partial charge in [-0.1, -0.05) is 30.3 Å². The molecule has 0 spiro atoms. The maximum Gasteiger partial charge on any atom is 0.276 e. The van der Waals surface area contributed by atoms with Crippen LogP contribution in [0.3, 0.4) is 0 Å². The molecule has 7 heteroatoms. The molecule has 0 aliphatic carbocycles. The Hall–Kier alpha value is -2.13. The molecule has 0 fully saturated rings. The summed E-state index contributed by atoms with van der Waals surface area (Å²) in [6.07, 6.45) is 1.39. The first-order chi connectivity index (χ1) is 11.5. The van der Waals surface area contributed by atoms with E-state index in [1.165, 1.54) is 12.3 Å². The number of hydrogen-bond acceptors (Lipinski definition) is 4. The molecule has 0 radical (unpaired) electrons. The quantitative estimate of drug-likeness (QED) is 0.362. The van der Waals surface area contributed by atoms with Gasteiger partial charge >= 0.3 is 0 Å². The fourth-order valence-electron chi connectivity index (χ4n) is 2.16. The Morgan fingerprint density at radius 1 is 1.00 bits per heavy atom.